The molecule has 0 saturated carbocycles. The van der Waals surface area contributed by atoms with E-state index in [2.05, 4.69) is 74.3 Å². The number of carbonyl (C=O) groups excluding carboxylic acids is 1. The second kappa shape index (κ2) is 20.0. The molecule has 0 fully saturated rings. The van der Waals surface area contributed by atoms with Gasteiger partial charge in [-0.15, -0.1) is 0 Å². The Bertz CT molecular complexity index is 1220. The summed E-state index contributed by atoms with van der Waals surface area (Å²) in [6.07, 6.45) is 18.5. The molecule has 0 atom stereocenters. The molecule has 1 heterocycles. The summed E-state index contributed by atoms with van der Waals surface area (Å²) in [6, 6.07) is 14.3. The Kier molecular flexibility index (Phi) is 17.2. The van der Waals surface area contributed by atoms with E-state index in [9.17, 15) is 4.79 Å². The van der Waals surface area contributed by atoms with Crippen molar-refractivity contribution in [1.82, 2.24) is 0 Å². The molecule has 3 rings (SSSR count). The van der Waals surface area contributed by atoms with Gasteiger partial charge in [-0.3, -0.25) is 4.79 Å². The number of nitrogens with zero attached hydrogens (tertiary/aromatic N) is 1. The van der Waals surface area contributed by atoms with Gasteiger partial charge in [0.05, 0.1) is 24.1 Å². The fraction of sp³-hybridized carbons (Fsp3) is 0.568. The Labute approximate surface area is 276 Å². The van der Waals surface area contributed by atoms with Crippen LogP contribution in [0.5, 0.6) is 5.75 Å². The van der Waals surface area contributed by atoms with E-state index in [-0.39, 0.29) is 28.3 Å². The predicted octanol–water partition coefficient (Wildman–Crippen LogP) is 6.95. The van der Waals surface area contributed by atoms with Gasteiger partial charge < -0.3 is 27.0 Å². The van der Waals surface area contributed by atoms with Crippen molar-refractivity contribution in [3.8, 4) is 5.75 Å². The number of carbonyl (C=O) groups is 1. The molecule has 0 radical (unpaired) electrons. The van der Waals surface area contributed by atoms with Crippen LogP contribution in [-0.4, -0.2) is 12.5 Å². The van der Waals surface area contributed by atoms with Crippen LogP contribution >= 0.6 is 11.3 Å². The van der Waals surface area contributed by atoms with Gasteiger partial charge in [0.25, 0.3) is 0 Å². The summed E-state index contributed by atoms with van der Waals surface area (Å²) < 4.78 is 8.49. The first-order valence-electron chi connectivity index (χ1n) is 16.4. The number of hydrogen-bond donors (Lipinski definition) is 1. The third-order valence-corrected chi connectivity index (χ3v) is 8.82. The summed E-state index contributed by atoms with van der Waals surface area (Å²) in [5.41, 5.74) is 4.08. The van der Waals surface area contributed by atoms with Gasteiger partial charge in [0.2, 0.25) is 10.9 Å². The smallest absolute Gasteiger partial charge is 0.234 e. The topological polar surface area (TPSA) is 42.2 Å². The number of benzene rings is 2. The van der Waals surface area contributed by atoms with Crippen molar-refractivity contribution in [1.29, 1.82) is 0 Å². The van der Waals surface area contributed by atoms with E-state index in [1.165, 1.54) is 75.6 Å². The van der Waals surface area contributed by atoms with Crippen LogP contribution in [0.4, 0.5) is 5.69 Å². The Balaban J connectivity index is 0.00000645. The lowest BCUT2D eigenvalue weighted by Gasteiger charge is -2.24. The first kappa shape index (κ1) is 37.0. The molecule has 1 aromatic heterocycles. The molecular weight excluding hydrogens is 616 g/mol. The van der Waals surface area contributed by atoms with Crippen molar-refractivity contribution >= 4 is 22.9 Å². The molecule has 2 aromatic carbocycles. The normalized spacial score (nSPS) is 11.3. The van der Waals surface area contributed by atoms with Crippen LogP contribution in [-0.2, 0) is 23.2 Å². The monoisotopic (exact) mass is 670 g/mol. The molecule has 6 heteroatoms. The molecule has 0 aliphatic heterocycles. The van der Waals surface area contributed by atoms with E-state index in [1.807, 2.05) is 24.3 Å². The molecule has 0 bridgehead atoms. The minimum atomic E-state index is -0.0689. The molecule has 1 N–H and O–H groups in total. The molecule has 43 heavy (non-hydrogen) atoms. The predicted molar refractivity (Wildman–Crippen MR) is 179 cm³/mol. The van der Waals surface area contributed by atoms with Gasteiger partial charge >= 0.3 is 0 Å². The average molecular weight is 672 g/mol. The number of aromatic nitrogens is 1. The number of unbranched alkanes of at least 4 members (excludes halogenated alkanes) is 11. The maximum Gasteiger partial charge on any atom is 0.234 e. The number of rotatable bonds is 19. The van der Waals surface area contributed by atoms with Crippen LogP contribution < -0.4 is 31.6 Å². The summed E-state index contributed by atoms with van der Waals surface area (Å²) >= 11 is 1.73. The third-order valence-electron chi connectivity index (χ3n) is 7.99. The van der Waals surface area contributed by atoms with Crippen LogP contribution in [0.25, 0.3) is 0 Å². The maximum absolute atomic E-state index is 13.1. The lowest BCUT2D eigenvalue weighted by Crippen LogP contribution is -3.00. The number of thiazole rings is 1. The molecule has 0 spiro atoms. The van der Waals surface area contributed by atoms with Gasteiger partial charge in [0, 0.05) is 12.5 Å². The van der Waals surface area contributed by atoms with Gasteiger partial charge in [-0.2, -0.15) is 4.57 Å². The summed E-state index contributed by atoms with van der Waals surface area (Å²) in [7, 11) is 0. The summed E-state index contributed by atoms with van der Waals surface area (Å²) in [5, 5.41) is 6.50. The number of hydrogen-bond acceptors (Lipinski definition) is 3. The molecule has 0 aliphatic rings. The molecular formula is C37H55BrN2O2S. The highest BCUT2D eigenvalue weighted by Crippen LogP contribution is 2.33. The molecule has 238 valence electrons. The number of ether oxygens (including phenoxy) is 1. The van der Waals surface area contributed by atoms with E-state index in [0.29, 0.717) is 6.42 Å². The number of nitrogens with one attached hydrogen (secondary N) is 1. The van der Waals surface area contributed by atoms with Gasteiger partial charge in [-0.05, 0) is 35.1 Å². The second-order valence-electron chi connectivity index (χ2n) is 12.8. The number of aryl methyl sites for hydroxylation is 1. The summed E-state index contributed by atoms with van der Waals surface area (Å²) in [5.74, 6) is 0.947. The molecule has 0 saturated heterocycles. The molecule has 4 nitrogen and oxygen atoms in total. The Hall–Kier alpha value is -2.18. The van der Waals surface area contributed by atoms with Gasteiger partial charge in [0.1, 0.15) is 5.75 Å². The van der Waals surface area contributed by atoms with Crippen LogP contribution in [0.15, 0.2) is 54.0 Å². The largest absolute Gasteiger partial charge is 1.00 e. The van der Waals surface area contributed by atoms with Crippen molar-refractivity contribution in [3.63, 3.8) is 0 Å². The first-order chi connectivity index (χ1) is 20.3. The minimum absolute atomic E-state index is 0. The van der Waals surface area contributed by atoms with Gasteiger partial charge in [-0.25, -0.2) is 0 Å². The number of para-hydroxylation sites is 1. The number of anilines is 1. The standard InChI is InChI=1S/C37H54N2O2S.BrH/c1-6-7-8-9-10-11-12-13-14-15-16-19-25-41-35-23-22-31(27-33(35)37(3,4)5)28-36(40)38-34-21-18-17-20-32(34)29-39-24-26-42-30(39)2;/h17-18,20-24,26-27H,6-16,19,25,28-29H2,1-5H3;1H. The summed E-state index contributed by atoms with van der Waals surface area (Å²) in [4.78, 5) is 13.1. The zero-order valence-corrected chi connectivity index (χ0v) is 29.8. The van der Waals surface area contributed by atoms with Crippen molar-refractivity contribution in [2.24, 2.45) is 0 Å². The quantitative estimate of drug-likeness (QED) is 0.111. The van der Waals surface area contributed by atoms with Gasteiger partial charge in [-0.1, -0.05) is 140 Å². The highest BCUT2D eigenvalue weighted by atomic mass is 79.9. The lowest BCUT2D eigenvalue weighted by atomic mass is 9.85. The molecule has 1 amide bonds. The fourth-order valence-electron chi connectivity index (χ4n) is 5.41. The fourth-order valence-corrected chi connectivity index (χ4v) is 6.07. The third kappa shape index (κ3) is 13.6. The zero-order valence-electron chi connectivity index (χ0n) is 27.4. The Morgan fingerprint density at radius 3 is 2.12 bits per heavy atom. The van der Waals surface area contributed by atoms with E-state index < -0.39 is 0 Å². The summed E-state index contributed by atoms with van der Waals surface area (Å²) in [6.45, 7) is 12.5. The van der Waals surface area contributed by atoms with E-state index in [1.54, 1.807) is 11.3 Å². The number of halogens is 1. The van der Waals surface area contributed by atoms with Crippen molar-refractivity contribution < 1.29 is 31.1 Å². The van der Waals surface area contributed by atoms with E-state index in [4.69, 9.17) is 4.74 Å². The zero-order chi connectivity index (χ0) is 30.2. The molecule has 0 aliphatic carbocycles. The highest BCUT2D eigenvalue weighted by molar-refractivity contribution is 7.09. The SMILES string of the molecule is CCCCCCCCCCCCCCOc1ccc(CC(=O)Nc2ccccc2C[n+]2ccsc2C)cc1C(C)(C)C.[Br-]. The first-order valence-corrected chi connectivity index (χ1v) is 17.2. The molecule has 0 unspecified atom stereocenters. The van der Waals surface area contributed by atoms with Crippen LogP contribution in [0.3, 0.4) is 0 Å². The Morgan fingerprint density at radius 2 is 1.51 bits per heavy atom. The van der Waals surface area contributed by atoms with E-state index in [0.717, 1.165) is 47.7 Å². The van der Waals surface area contributed by atoms with Crippen molar-refractivity contribution in [3.05, 3.63) is 75.7 Å². The van der Waals surface area contributed by atoms with Crippen LogP contribution in [0.2, 0.25) is 0 Å². The second-order valence-corrected chi connectivity index (χ2v) is 13.8. The van der Waals surface area contributed by atoms with Crippen molar-refractivity contribution in [2.45, 2.75) is 130 Å². The molecule has 3 aromatic rings. The lowest BCUT2D eigenvalue weighted by molar-refractivity contribution is -0.689. The maximum atomic E-state index is 13.1. The van der Waals surface area contributed by atoms with E-state index >= 15 is 0 Å². The minimum Gasteiger partial charge on any atom is -1.00 e. The average Bonchev–Trinajstić information content (AvgIpc) is 3.36. The van der Waals surface area contributed by atoms with Crippen molar-refractivity contribution in [2.75, 3.05) is 11.9 Å². The van der Waals surface area contributed by atoms with Crippen LogP contribution in [0, 0.1) is 6.92 Å². The van der Waals surface area contributed by atoms with Crippen LogP contribution in [0.1, 0.15) is 126 Å². The Morgan fingerprint density at radius 1 is 0.884 bits per heavy atom. The number of amides is 1. The van der Waals surface area contributed by atoms with Gasteiger partial charge in [0.15, 0.2) is 12.7 Å². The highest BCUT2D eigenvalue weighted by Gasteiger charge is 2.21.